The first-order valence-electron chi connectivity index (χ1n) is 10.0. The van der Waals surface area contributed by atoms with Crippen LogP contribution in [0, 0.1) is 20.8 Å². The van der Waals surface area contributed by atoms with Crippen LogP contribution in [0.3, 0.4) is 0 Å². The van der Waals surface area contributed by atoms with Gasteiger partial charge in [-0.15, -0.1) is 0 Å². The number of benzene rings is 2. The topological polar surface area (TPSA) is 47.6 Å². The van der Waals surface area contributed by atoms with Gasteiger partial charge in [0.25, 0.3) is 5.91 Å². The van der Waals surface area contributed by atoms with Crippen molar-refractivity contribution >= 4 is 5.91 Å². The summed E-state index contributed by atoms with van der Waals surface area (Å²) in [5.41, 5.74) is 4.62. The highest BCUT2D eigenvalue weighted by atomic mass is 16.5. The SMILES string of the molecule is Cc1cc(C)c(C)c(O[C@H](C)C(=O)NCCCc2ccc(OC(C)C)cc2)c1. The summed E-state index contributed by atoms with van der Waals surface area (Å²) in [6.07, 6.45) is 1.45. The molecule has 0 saturated heterocycles. The molecule has 0 heterocycles. The lowest BCUT2D eigenvalue weighted by Crippen LogP contribution is -2.37. The Kier molecular flexibility index (Phi) is 7.91. The Bertz CT molecular complexity index is 781. The molecule has 2 aromatic rings. The van der Waals surface area contributed by atoms with Gasteiger partial charge in [-0.1, -0.05) is 18.2 Å². The van der Waals surface area contributed by atoms with Gasteiger partial charge in [-0.05, 0) is 94.8 Å². The molecule has 0 saturated carbocycles. The van der Waals surface area contributed by atoms with Crippen molar-refractivity contribution in [2.24, 2.45) is 0 Å². The van der Waals surface area contributed by atoms with Gasteiger partial charge in [-0.2, -0.15) is 0 Å². The molecular weight excluding hydrogens is 350 g/mol. The molecule has 1 N–H and O–H groups in total. The van der Waals surface area contributed by atoms with Crippen LogP contribution < -0.4 is 14.8 Å². The summed E-state index contributed by atoms with van der Waals surface area (Å²) in [7, 11) is 0. The summed E-state index contributed by atoms with van der Waals surface area (Å²) in [4.78, 5) is 12.3. The maximum Gasteiger partial charge on any atom is 0.260 e. The van der Waals surface area contributed by atoms with Gasteiger partial charge in [0.2, 0.25) is 0 Å². The van der Waals surface area contributed by atoms with E-state index in [-0.39, 0.29) is 12.0 Å². The Balaban J connectivity index is 1.76. The number of nitrogens with one attached hydrogen (secondary N) is 1. The number of ether oxygens (including phenoxy) is 2. The maximum absolute atomic E-state index is 12.3. The summed E-state index contributed by atoms with van der Waals surface area (Å²) in [5.74, 6) is 1.59. The van der Waals surface area contributed by atoms with Gasteiger partial charge < -0.3 is 14.8 Å². The molecular formula is C24H33NO3. The summed E-state index contributed by atoms with van der Waals surface area (Å²) < 4.78 is 11.6. The number of amides is 1. The van der Waals surface area contributed by atoms with E-state index in [1.807, 2.05) is 45.9 Å². The van der Waals surface area contributed by atoms with Crippen molar-refractivity contribution in [3.63, 3.8) is 0 Å². The zero-order valence-corrected chi connectivity index (χ0v) is 18.0. The third-order valence-corrected chi connectivity index (χ3v) is 4.67. The van der Waals surface area contributed by atoms with Crippen molar-refractivity contribution in [2.75, 3.05) is 6.54 Å². The molecule has 0 radical (unpaired) electrons. The van der Waals surface area contributed by atoms with Crippen LogP contribution in [0.4, 0.5) is 0 Å². The van der Waals surface area contributed by atoms with Crippen LogP contribution >= 0.6 is 0 Å². The van der Waals surface area contributed by atoms with Gasteiger partial charge in [0, 0.05) is 6.54 Å². The minimum atomic E-state index is -0.521. The molecule has 0 aliphatic carbocycles. The Morgan fingerprint density at radius 3 is 2.32 bits per heavy atom. The normalized spacial score (nSPS) is 12.0. The Morgan fingerprint density at radius 2 is 1.68 bits per heavy atom. The molecule has 0 aliphatic rings. The number of aryl methyl sites for hydroxylation is 3. The van der Waals surface area contributed by atoms with Crippen molar-refractivity contribution in [2.45, 2.75) is 66.6 Å². The van der Waals surface area contributed by atoms with E-state index in [4.69, 9.17) is 9.47 Å². The highest BCUT2D eigenvalue weighted by molar-refractivity contribution is 5.80. The molecule has 4 heteroatoms. The molecule has 0 aliphatic heterocycles. The lowest BCUT2D eigenvalue weighted by Gasteiger charge is -2.18. The fourth-order valence-corrected chi connectivity index (χ4v) is 3.02. The fraction of sp³-hybridized carbons (Fsp3) is 0.458. The van der Waals surface area contributed by atoms with E-state index in [0.29, 0.717) is 6.54 Å². The second kappa shape index (κ2) is 10.2. The summed E-state index contributed by atoms with van der Waals surface area (Å²) in [5, 5.41) is 2.97. The molecule has 1 amide bonds. The Labute approximate surface area is 169 Å². The average Bonchev–Trinajstić information content (AvgIpc) is 2.63. The summed E-state index contributed by atoms with van der Waals surface area (Å²) in [6, 6.07) is 12.3. The standard InChI is InChI=1S/C24H33NO3/c1-16(2)27-22-11-9-21(10-12-22)8-7-13-25-24(26)20(6)28-23-15-17(3)14-18(4)19(23)5/h9-12,14-16,20H,7-8,13H2,1-6H3,(H,25,26)/t20-/m1/s1. The van der Waals surface area contributed by atoms with Crippen LogP contribution in [0.15, 0.2) is 36.4 Å². The van der Waals surface area contributed by atoms with Gasteiger partial charge in [0.15, 0.2) is 6.10 Å². The molecule has 28 heavy (non-hydrogen) atoms. The number of rotatable bonds is 9. The van der Waals surface area contributed by atoms with E-state index in [0.717, 1.165) is 35.5 Å². The van der Waals surface area contributed by atoms with Crippen molar-refractivity contribution < 1.29 is 14.3 Å². The third-order valence-electron chi connectivity index (χ3n) is 4.67. The quantitative estimate of drug-likeness (QED) is 0.626. The van der Waals surface area contributed by atoms with Gasteiger partial charge >= 0.3 is 0 Å². The van der Waals surface area contributed by atoms with Gasteiger partial charge in [0.1, 0.15) is 11.5 Å². The molecule has 1 atom stereocenters. The first-order valence-corrected chi connectivity index (χ1v) is 10.0. The number of hydrogen-bond donors (Lipinski definition) is 1. The van der Waals surface area contributed by atoms with Crippen LogP contribution in [0.1, 0.15) is 49.4 Å². The highest BCUT2D eigenvalue weighted by Crippen LogP contribution is 2.24. The average molecular weight is 384 g/mol. The van der Waals surface area contributed by atoms with Crippen molar-refractivity contribution in [1.29, 1.82) is 0 Å². The molecule has 0 spiro atoms. The highest BCUT2D eigenvalue weighted by Gasteiger charge is 2.16. The van der Waals surface area contributed by atoms with E-state index < -0.39 is 6.10 Å². The summed E-state index contributed by atoms with van der Waals surface area (Å²) in [6.45, 7) is 12.6. The van der Waals surface area contributed by atoms with Crippen molar-refractivity contribution in [3.05, 3.63) is 58.7 Å². The molecule has 152 valence electrons. The van der Waals surface area contributed by atoms with E-state index >= 15 is 0 Å². The molecule has 4 nitrogen and oxygen atoms in total. The fourth-order valence-electron chi connectivity index (χ4n) is 3.02. The lowest BCUT2D eigenvalue weighted by atomic mass is 10.1. The van der Waals surface area contributed by atoms with Gasteiger partial charge in [-0.3, -0.25) is 4.79 Å². The molecule has 2 rings (SSSR count). The monoisotopic (exact) mass is 383 g/mol. The number of carbonyl (C=O) groups excluding carboxylic acids is 1. The minimum absolute atomic E-state index is 0.0840. The second-order valence-corrected chi connectivity index (χ2v) is 7.67. The number of hydrogen-bond acceptors (Lipinski definition) is 3. The number of carbonyl (C=O) groups is 1. The van der Waals surface area contributed by atoms with Crippen LogP contribution in [-0.4, -0.2) is 24.7 Å². The largest absolute Gasteiger partial charge is 0.491 e. The second-order valence-electron chi connectivity index (χ2n) is 7.67. The first-order chi connectivity index (χ1) is 13.3. The van der Waals surface area contributed by atoms with E-state index in [9.17, 15) is 4.79 Å². The minimum Gasteiger partial charge on any atom is -0.491 e. The van der Waals surface area contributed by atoms with Crippen LogP contribution in [-0.2, 0) is 11.2 Å². The molecule has 0 aromatic heterocycles. The van der Waals surface area contributed by atoms with Crippen molar-refractivity contribution in [1.82, 2.24) is 5.32 Å². The zero-order valence-electron chi connectivity index (χ0n) is 18.0. The van der Waals surface area contributed by atoms with Crippen LogP contribution in [0.25, 0.3) is 0 Å². The van der Waals surface area contributed by atoms with Crippen LogP contribution in [0.2, 0.25) is 0 Å². The van der Waals surface area contributed by atoms with Crippen molar-refractivity contribution in [3.8, 4) is 11.5 Å². The third kappa shape index (κ3) is 6.59. The first kappa shape index (κ1) is 21.8. The zero-order chi connectivity index (χ0) is 20.7. The predicted molar refractivity (Wildman–Crippen MR) is 114 cm³/mol. The maximum atomic E-state index is 12.3. The van der Waals surface area contributed by atoms with E-state index in [2.05, 4.69) is 30.4 Å². The summed E-state index contributed by atoms with van der Waals surface area (Å²) >= 11 is 0. The van der Waals surface area contributed by atoms with Gasteiger partial charge in [0.05, 0.1) is 6.10 Å². The Morgan fingerprint density at radius 1 is 1.00 bits per heavy atom. The predicted octanol–water partition coefficient (Wildman–Crippen LogP) is 4.92. The van der Waals surface area contributed by atoms with E-state index in [1.54, 1.807) is 6.92 Å². The molecule has 0 unspecified atom stereocenters. The smallest absolute Gasteiger partial charge is 0.260 e. The molecule has 0 bridgehead atoms. The van der Waals surface area contributed by atoms with E-state index in [1.165, 1.54) is 11.1 Å². The molecule has 0 fully saturated rings. The Hall–Kier alpha value is -2.49. The molecule has 2 aromatic carbocycles. The van der Waals surface area contributed by atoms with Crippen LogP contribution in [0.5, 0.6) is 11.5 Å². The lowest BCUT2D eigenvalue weighted by molar-refractivity contribution is -0.127. The van der Waals surface area contributed by atoms with Gasteiger partial charge in [-0.25, -0.2) is 0 Å².